The van der Waals surface area contributed by atoms with Crippen molar-refractivity contribution in [3.63, 3.8) is 0 Å². The van der Waals surface area contributed by atoms with Crippen molar-refractivity contribution in [1.82, 2.24) is 0 Å². The molecule has 0 N–H and O–H groups in total. The molecule has 2 atom stereocenters. The molecule has 0 radical (unpaired) electrons. The summed E-state index contributed by atoms with van der Waals surface area (Å²) in [7, 11) is 0. The summed E-state index contributed by atoms with van der Waals surface area (Å²) in [5.41, 5.74) is 20.9. The predicted molar refractivity (Wildman–Crippen MR) is 221 cm³/mol. The molecule has 0 aliphatic heterocycles. The number of allylic oxidation sites excluding steroid dienone is 2. The molecule has 6 aromatic rings. The van der Waals surface area contributed by atoms with E-state index in [2.05, 4.69) is 139 Å². The third-order valence-electron chi connectivity index (χ3n) is 12.8. The minimum absolute atomic E-state index is 0. The number of rotatable bonds is 4. The molecule has 0 amide bonds. The summed E-state index contributed by atoms with van der Waals surface area (Å²) in [5, 5.41) is 5.88. The maximum atomic E-state index is 2.77. The van der Waals surface area contributed by atoms with Crippen LogP contribution >= 0.6 is 24.8 Å². The van der Waals surface area contributed by atoms with Gasteiger partial charge < -0.3 is 0 Å². The Hall–Kier alpha value is -3.00. The van der Waals surface area contributed by atoms with E-state index in [1.165, 1.54) is 103 Å². The first-order valence-corrected chi connectivity index (χ1v) is 31.6. The monoisotopic (exact) mass is 784 g/mol. The van der Waals surface area contributed by atoms with Gasteiger partial charge in [-0.15, -0.1) is 24.8 Å². The van der Waals surface area contributed by atoms with Crippen LogP contribution < -0.4 is 0 Å². The summed E-state index contributed by atoms with van der Waals surface area (Å²) in [6.45, 7) is 7.33. The Bertz CT molecular complexity index is 2390. The molecule has 6 aromatic carbocycles. The second-order valence-corrected chi connectivity index (χ2v) is 46.9. The van der Waals surface area contributed by atoms with Crippen molar-refractivity contribution in [3.05, 3.63) is 153 Å². The van der Waals surface area contributed by atoms with E-state index < -0.39 is 17.4 Å². The first-order chi connectivity index (χ1) is 23.2. The number of hydrogen-bond donors (Lipinski definition) is 0. The van der Waals surface area contributed by atoms with E-state index in [-0.39, 0.29) is 24.8 Å². The van der Waals surface area contributed by atoms with Crippen molar-refractivity contribution in [1.29, 1.82) is 0 Å². The van der Waals surface area contributed by atoms with Crippen LogP contribution in [0.2, 0.25) is 9.26 Å². The average molecular weight is 787 g/mol. The molecule has 4 heteroatoms. The number of benzene rings is 6. The molecule has 10 rings (SSSR count). The van der Waals surface area contributed by atoms with E-state index in [1.807, 2.05) is 0 Å². The molecule has 0 aromatic heterocycles. The van der Waals surface area contributed by atoms with Gasteiger partial charge in [0.1, 0.15) is 0 Å². The van der Waals surface area contributed by atoms with Gasteiger partial charge in [0.25, 0.3) is 0 Å². The molecule has 0 saturated heterocycles. The van der Waals surface area contributed by atoms with Gasteiger partial charge >= 0.3 is 289 Å². The molecule has 0 spiro atoms. The van der Waals surface area contributed by atoms with E-state index in [4.69, 9.17) is 0 Å². The standard InChI is InChI=1S/2C22H17.2CH3.2ClH.H2Si.Zr/c2*1-14-12-17-5-3-6-18(21(17)13-14)19-11-10-16-9-8-15-4-2-7-20(19)22(15)16;;;;;;/h2*2-7,10-13H,8-9H2,1H3;2*1H3;2*1H;1H2;. The van der Waals surface area contributed by atoms with Crippen molar-refractivity contribution in [2.45, 2.75) is 56.0 Å². The SMILES string of the molecule is CC1=Cc2c(-c3ccc4c5c(cccc35)CC4)cccc2[CH]1[Zr]([CH3])([CH3])(=[SiH2])[CH]1C(C)=Cc2c(-c3ccc4c5c(cccc35)CC4)cccc21.Cl.Cl. The largest absolute Gasteiger partial charge is 0.147 e. The summed E-state index contributed by atoms with van der Waals surface area (Å²) >= 11 is -3.66. The molecule has 0 nitrogen and oxygen atoms in total. The Labute approximate surface area is 311 Å². The van der Waals surface area contributed by atoms with Crippen LogP contribution in [0.5, 0.6) is 0 Å². The normalized spacial score (nSPS) is 18.4. The zero-order chi connectivity index (χ0) is 32.6. The second kappa shape index (κ2) is 11.8. The molecular weight excluding hydrogens is 743 g/mol. The van der Waals surface area contributed by atoms with Gasteiger partial charge in [-0.05, 0) is 0 Å². The van der Waals surface area contributed by atoms with Crippen LogP contribution in [0.1, 0.15) is 65.6 Å². The summed E-state index contributed by atoms with van der Waals surface area (Å²) in [4.78, 5) is 0. The maximum absolute atomic E-state index is 3.66. The van der Waals surface area contributed by atoms with Crippen molar-refractivity contribution in [2.75, 3.05) is 0 Å². The van der Waals surface area contributed by atoms with E-state index in [0.29, 0.717) is 7.25 Å². The molecule has 0 heterocycles. The Balaban J connectivity index is 0.00000180. The number of fused-ring (bicyclic) bond motifs is 2. The van der Waals surface area contributed by atoms with Crippen LogP contribution in [0, 0.1) is 0 Å². The first kappa shape index (κ1) is 34.1. The minimum atomic E-state index is -3.66. The fraction of sp³-hybridized carbons (Fsp3) is 0.217. The maximum Gasteiger partial charge on any atom is -0.147 e. The fourth-order valence-electron chi connectivity index (χ4n) is 11.2. The summed E-state index contributed by atoms with van der Waals surface area (Å²) in [5.74, 6) is 0. The Morgan fingerprint density at radius 2 is 0.860 bits per heavy atom. The molecule has 250 valence electrons. The average Bonchev–Trinajstić information content (AvgIpc) is 3.85. The summed E-state index contributed by atoms with van der Waals surface area (Å²) in [6.07, 6.45) is 9.83. The van der Waals surface area contributed by atoms with Crippen LogP contribution in [-0.4, -0.2) is 6.88 Å². The molecule has 0 saturated carbocycles. The topological polar surface area (TPSA) is 0 Å². The van der Waals surface area contributed by atoms with Gasteiger partial charge in [-0.1, -0.05) is 0 Å². The van der Waals surface area contributed by atoms with Gasteiger partial charge in [0.15, 0.2) is 0 Å². The number of halogens is 2. The zero-order valence-electron chi connectivity index (χ0n) is 29.4. The smallest absolute Gasteiger partial charge is 0.147 e. The fourth-order valence-corrected chi connectivity index (χ4v) is 32.5. The Morgan fingerprint density at radius 3 is 1.28 bits per heavy atom. The minimum Gasteiger partial charge on any atom is -0.147 e. The van der Waals surface area contributed by atoms with E-state index in [1.54, 1.807) is 22.3 Å². The quantitative estimate of drug-likeness (QED) is 0.156. The van der Waals surface area contributed by atoms with Crippen molar-refractivity contribution in [2.24, 2.45) is 0 Å². The van der Waals surface area contributed by atoms with E-state index in [0.717, 1.165) is 0 Å². The van der Waals surface area contributed by atoms with Crippen molar-refractivity contribution in [3.8, 4) is 22.3 Å². The van der Waals surface area contributed by atoms with Gasteiger partial charge in [-0.25, -0.2) is 0 Å². The van der Waals surface area contributed by atoms with Gasteiger partial charge in [0.2, 0.25) is 0 Å². The van der Waals surface area contributed by atoms with Gasteiger partial charge in [-0.2, -0.15) is 0 Å². The Morgan fingerprint density at radius 1 is 0.480 bits per heavy atom. The van der Waals surface area contributed by atoms with Crippen LogP contribution in [0.25, 0.3) is 56.0 Å². The van der Waals surface area contributed by atoms with Gasteiger partial charge in [0, 0.05) is 0 Å². The molecular formula is C46H44Cl2SiZr. The molecule has 2 unspecified atom stereocenters. The zero-order valence-corrected chi connectivity index (χ0v) is 34.9. The van der Waals surface area contributed by atoms with Crippen LogP contribution in [0.15, 0.2) is 108 Å². The second-order valence-electron chi connectivity index (χ2n) is 16.4. The first-order valence-electron chi connectivity index (χ1n) is 18.0. The summed E-state index contributed by atoms with van der Waals surface area (Å²) < 4.78 is 6.56. The molecule has 4 aliphatic carbocycles. The molecule has 4 aliphatic rings. The van der Waals surface area contributed by atoms with Crippen LogP contribution in [-0.2, 0) is 43.1 Å². The van der Waals surface area contributed by atoms with E-state index >= 15 is 0 Å². The summed E-state index contributed by atoms with van der Waals surface area (Å²) in [6, 6.07) is 38.0. The molecule has 0 fully saturated rings. The van der Waals surface area contributed by atoms with Gasteiger partial charge in [0.05, 0.1) is 0 Å². The van der Waals surface area contributed by atoms with Gasteiger partial charge in [-0.3, -0.25) is 0 Å². The number of hydrogen-bond acceptors (Lipinski definition) is 0. The third-order valence-corrected chi connectivity index (χ3v) is 30.7. The predicted octanol–water partition coefficient (Wildman–Crippen LogP) is 12.3. The van der Waals surface area contributed by atoms with Crippen molar-refractivity contribution < 1.29 is 17.4 Å². The Kier molecular flexibility index (Phi) is 8.02. The third kappa shape index (κ3) is 4.64. The number of aryl methyl sites for hydroxylation is 4. The van der Waals surface area contributed by atoms with E-state index in [9.17, 15) is 0 Å². The van der Waals surface area contributed by atoms with Crippen LogP contribution in [0.3, 0.4) is 0 Å². The molecule has 50 heavy (non-hydrogen) atoms. The molecule has 0 bridgehead atoms. The van der Waals surface area contributed by atoms with Crippen molar-refractivity contribution >= 4 is 65.4 Å². The van der Waals surface area contributed by atoms with Crippen LogP contribution in [0.4, 0.5) is 0 Å².